The van der Waals surface area contributed by atoms with Crippen LogP contribution in [0.4, 0.5) is 0 Å². The number of rotatable bonds is 39. The van der Waals surface area contributed by atoms with E-state index in [2.05, 4.69) is 50.0 Å². The lowest BCUT2D eigenvalue weighted by molar-refractivity contribution is -0.150. The predicted molar refractivity (Wildman–Crippen MR) is 214 cm³/mol. The number of carbonyl (C=O) groups is 2. The first kappa shape index (κ1) is 48.3. The molecule has 0 fully saturated rings. The van der Waals surface area contributed by atoms with E-state index in [0.29, 0.717) is 19.4 Å². The molecule has 0 unspecified atom stereocenters. The average molecular weight is 706 g/mol. The number of hydrogen-bond donors (Lipinski definition) is 1. The molecule has 0 aromatic heterocycles. The van der Waals surface area contributed by atoms with Crippen LogP contribution in [0.1, 0.15) is 207 Å². The van der Waals surface area contributed by atoms with E-state index in [-0.39, 0.29) is 24.6 Å². The smallest absolute Gasteiger partial charge is 0.306 e. The number of ether oxygens (including phenoxy) is 2. The zero-order chi connectivity index (χ0) is 36.6. The Bertz CT molecular complexity index is 760. The van der Waals surface area contributed by atoms with Crippen molar-refractivity contribution in [3.8, 4) is 0 Å². The van der Waals surface area contributed by atoms with E-state index in [1.54, 1.807) is 0 Å². The number of aliphatic hydroxyl groups excluding tert-OH is 1. The second-order valence-corrected chi connectivity index (χ2v) is 14.4. The molecule has 6 nitrogen and oxygen atoms in total. The molecule has 0 rings (SSSR count). The van der Waals surface area contributed by atoms with Gasteiger partial charge < -0.3 is 19.5 Å². The van der Waals surface area contributed by atoms with E-state index >= 15 is 0 Å². The molecule has 0 aliphatic carbocycles. The van der Waals surface area contributed by atoms with Gasteiger partial charge in [-0.15, -0.1) is 0 Å². The third-order valence-electron chi connectivity index (χ3n) is 9.53. The third-order valence-corrected chi connectivity index (χ3v) is 9.53. The first-order valence-electron chi connectivity index (χ1n) is 21.6. The van der Waals surface area contributed by atoms with Gasteiger partial charge in [0.25, 0.3) is 0 Å². The average Bonchev–Trinajstić information content (AvgIpc) is 3.11. The van der Waals surface area contributed by atoms with Gasteiger partial charge in [-0.05, 0) is 83.7 Å². The number of unbranched alkanes of at least 4 members (excludes halogenated alkanes) is 18. The Labute approximate surface area is 310 Å². The van der Waals surface area contributed by atoms with Crippen molar-refractivity contribution in [2.24, 2.45) is 0 Å². The van der Waals surface area contributed by atoms with Gasteiger partial charge in [-0.3, -0.25) is 9.59 Å². The Balaban J connectivity index is 3.99. The molecule has 0 bridgehead atoms. The van der Waals surface area contributed by atoms with Crippen LogP contribution >= 0.6 is 0 Å². The molecule has 294 valence electrons. The second kappa shape index (κ2) is 40.1. The van der Waals surface area contributed by atoms with E-state index in [4.69, 9.17) is 9.47 Å². The van der Waals surface area contributed by atoms with Crippen LogP contribution in [0.25, 0.3) is 0 Å². The maximum absolute atomic E-state index is 12.6. The van der Waals surface area contributed by atoms with Gasteiger partial charge in [0.1, 0.15) is 6.10 Å². The molecule has 0 heterocycles. The lowest BCUT2D eigenvalue weighted by atomic mass is 10.1. The third kappa shape index (κ3) is 36.1. The normalized spacial score (nSPS) is 12.4. The molecular formula is C44H83NO5. The van der Waals surface area contributed by atoms with Gasteiger partial charge in [0.2, 0.25) is 0 Å². The summed E-state index contributed by atoms with van der Waals surface area (Å²) in [5, 5.41) is 9.53. The summed E-state index contributed by atoms with van der Waals surface area (Å²) >= 11 is 0. The standard InChI is InChI=1S/C44H83NO5/c1-4-7-10-13-16-25-32-41-49-43(47)35-28-21-17-23-30-37-45(39-40-46)38-31-24-18-22-29-36-44(48)50-42(33-26-19-14-11-8-5-2)34-27-20-15-12-9-6-3/h14-15,19-20,42,46H,4-13,16-18,21-41H2,1-3H3. The van der Waals surface area contributed by atoms with Gasteiger partial charge in [-0.25, -0.2) is 0 Å². The largest absolute Gasteiger partial charge is 0.466 e. The van der Waals surface area contributed by atoms with Crippen molar-refractivity contribution in [1.29, 1.82) is 0 Å². The fraction of sp³-hybridized carbons (Fsp3) is 0.864. The molecule has 0 saturated heterocycles. The van der Waals surface area contributed by atoms with Crippen LogP contribution in [0.2, 0.25) is 0 Å². The van der Waals surface area contributed by atoms with Crippen LogP contribution in [0.3, 0.4) is 0 Å². The summed E-state index contributed by atoms with van der Waals surface area (Å²) in [6.45, 7) is 10.2. The van der Waals surface area contributed by atoms with Crippen molar-refractivity contribution >= 4 is 11.9 Å². The van der Waals surface area contributed by atoms with Crippen molar-refractivity contribution in [3.63, 3.8) is 0 Å². The van der Waals surface area contributed by atoms with Crippen molar-refractivity contribution < 1.29 is 24.2 Å². The summed E-state index contributed by atoms with van der Waals surface area (Å²) in [5.74, 6) is -0.0696. The number of esters is 2. The molecule has 0 spiro atoms. The molecule has 0 aromatic rings. The quantitative estimate of drug-likeness (QED) is 0.0390. The Hall–Kier alpha value is -1.66. The Morgan fingerprint density at radius 2 is 0.960 bits per heavy atom. The molecular weight excluding hydrogens is 622 g/mol. The minimum Gasteiger partial charge on any atom is -0.466 e. The molecule has 0 aliphatic rings. The van der Waals surface area contributed by atoms with Crippen LogP contribution in [-0.4, -0.2) is 60.9 Å². The van der Waals surface area contributed by atoms with Crippen LogP contribution in [0.5, 0.6) is 0 Å². The predicted octanol–water partition coefficient (Wildman–Crippen LogP) is 12.2. The molecule has 0 saturated carbocycles. The van der Waals surface area contributed by atoms with Gasteiger partial charge in [0.05, 0.1) is 13.2 Å². The summed E-state index contributed by atoms with van der Waals surface area (Å²) in [4.78, 5) is 27.0. The highest BCUT2D eigenvalue weighted by molar-refractivity contribution is 5.69. The lowest BCUT2D eigenvalue weighted by Crippen LogP contribution is -2.29. The Kier molecular flexibility index (Phi) is 38.8. The summed E-state index contributed by atoms with van der Waals surface area (Å²) in [6, 6.07) is 0. The van der Waals surface area contributed by atoms with Crippen LogP contribution in [0, 0.1) is 0 Å². The molecule has 50 heavy (non-hydrogen) atoms. The number of aliphatic hydroxyl groups is 1. The fourth-order valence-electron chi connectivity index (χ4n) is 6.25. The van der Waals surface area contributed by atoms with Gasteiger partial charge in [-0.1, -0.05) is 148 Å². The minimum absolute atomic E-state index is 0.0137. The Morgan fingerprint density at radius 3 is 1.48 bits per heavy atom. The molecule has 0 amide bonds. The first-order chi connectivity index (χ1) is 24.6. The highest BCUT2D eigenvalue weighted by atomic mass is 16.5. The maximum atomic E-state index is 12.6. The fourth-order valence-corrected chi connectivity index (χ4v) is 6.25. The van der Waals surface area contributed by atoms with Crippen molar-refractivity contribution in [2.45, 2.75) is 213 Å². The highest BCUT2D eigenvalue weighted by Gasteiger charge is 2.13. The molecule has 0 aromatic carbocycles. The SMILES string of the molecule is CCCCC=CCCC(CCC=CCCCC)OC(=O)CCCCCCCN(CCO)CCCCCCCC(=O)OCCCCCCCCC. The lowest BCUT2D eigenvalue weighted by Gasteiger charge is -2.21. The van der Waals surface area contributed by atoms with E-state index in [9.17, 15) is 14.7 Å². The summed E-state index contributed by atoms with van der Waals surface area (Å²) < 4.78 is 11.3. The number of allylic oxidation sites excluding steroid dienone is 4. The van der Waals surface area contributed by atoms with E-state index in [1.165, 1.54) is 64.2 Å². The van der Waals surface area contributed by atoms with Crippen molar-refractivity contribution in [3.05, 3.63) is 24.3 Å². The van der Waals surface area contributed by atoms with Gasteiger partial charge in [0, 0.05) is 19.4 Å². The Morgan fingerprint density at radius 1 is 0.520 bits per heavy atom. The molecule has 6 heteroatoms. The maximum Gasteiger partial charge on any atom is 0.306 e. The summed E-state index contributed by atoms with van der Waals surface area (Å²) in [6.07, 6.45) is 40.6. The monoisotopic (exact) mass is 706 g/mol. The van der Waals surface area contributed by atoms with Gasteiger partial charge in [-0.2, -0.15) is 0 Å². The molecule has 0 radical (unpaired) electrons. The molecule has 1 N–H and O–H groups in total. The van der Waals surface area contributed by atoms with Crippen LogP contribution < -0.4 is 0 Å². The van der Waals surface area contributed by atoms with E-state index < -0.39 is 0 Å². The van der Waals surface area contributed by atoms with E-state index in [0.717, 1.165) is 129 Å². The molecule has 0 aliphatic heterocycles. The molecule has 0 atom stereocenters. The summed E-state index contributed by atoms with van der Waals surface area (Å²) in [5.41, 5.74) is 0. The zero-order valence-corrected chi connectivity index (χ0v) is 33.5. The van der Waals surface area contributed by atoms with Crippen molar-refractivity contribution in [1.82, 2.24) is 4.90 Å². The zero-order valence-electron chi connectivity index (χ0n) is 33.5. The van der Waals surface area contributed by atoms with Gasteiger partial charge in [0.15, 0.2) is 0 Å². The number of nitrogens with zero attached hydrogens (tertiary/aromatic N) is 1. The summed E-state index contributed by atoms with van der Waals surface area (Å²) in [7, 11) is 0. The van der Waals surface area contributed by atoms with Crippen LogP contribution in [0.15, 0.2) is 24.3 Å². The minimum atomic E-state index is -0.0352. The van der Waals surface area contributed by atoms with Crippen molar-refractivity contribution in [2.75, 3.05) is 32.8 Å². The van der Waals surface area contributed by atoms with Crippen LogP contribution in [-0.2, 0) is 19.1 Å². The number of hydrogen-bond acceptors (Lipinski definition) is 6. The van der Waals surface area contributed by atoms with E-state index in [1.807, 2.05) is 0 Å². The topological polar surface area (TPSA) is 76.1 Å². The second-order valence-electron chi connectivity index (χ2n) is 14.4. The first-order valence-corrected chi connectivity index (χ1v) is 21.6. The highest BCUT2D eigenvalue weighted by Crippen LogP contribution is 2.15. The van der Waals surface area contributed by atoms with Gasteiger partial charge >= 0.3 is 11.9 Å². The number of carbonyl (C=O) groups excluding carboxylic acids is 2.